The highest BCUT2D eigenvalue weighted by Crippen LogP contribution is 2.34. The van der Waals surface area contributed by atoms with Crippen LogP contribution in [-0.2, 0) is 4.74 Å². The molecule has 1 fully saturated rings. The van der Waals surface area contributed by atoms with Crippen molar-refractivity contribution in [1.82, 2.24) is 4.90 Å². The van der Waals surface area contributed by atoms with Crippen LogP contribution in [0.3, 0.4) is 0 Å². The normalized spacial score (nSPS) is 20.9. The minimum Gasteiger partial charge on any atom is -0.497 e. The molecule has 20 heavy (non-hydrogen) atoms. The van der Waals surface area contributed by atoms with Gasteiger partial charge in [-0.3, -0.25) is 4.90 Å². The molecule has 5 nitrogen and oxygen atoms in total. The topological polar surface area (TPSA) is 57.0 Å². The predicted molar refractivity (Wildman–Crippen MR) is 78.3 cm³/mol. The van der Waals surface area contributed by atoms with E-state index in [4.69, 9.17) is 19.9 Å². The first-order valence-electron chi connectivity index (χ1n) is 6.92. The second-order valence-electron chi connectivity index (χ2n) is 5.00. The lowest BCUT2D eigenvalue weighted by Crippen LogP contribution is -2.33. The lowest BCUT2D eigenvalue weighted by atomic mass is 10.0. The fourth-order valence-corrected chi connectivity index (χ4v) is 2.80. The van der Waals surface area contributed by atoms with Crippen molar-refractivity contribution in [2.75, 3.05) is 41.0 Å². The van der Waals surface area contributed by atoms with Crippen LogP contribution in [0.4, 0.5) is 0 Å². The van der Waals surface area contributed by atoms with E-state index >= 15 is 0 Å². The Balaban J connectivity index is 2.23. The Morgan fingerprint density at radius 1 is 1.30 bits per heavy atom. The highest BCUT2D eigenvalue weighted by molar-refractivity contribution is 5.42. The van der Waals surface area contributed by atoms with Crippen molar-refractivity contribution < 1.29 is 14.2 Å². The summed E-state index contributed by atoms with van der Waals surface area (Å²) in [7, 11) is 5.09. The average Bonchev–Trinajstić information content (AvgIpc) is 2.97. The van der Waals surface area contributed by atoms with Crippen LogP contribution in [0.15, 0.2) is 18.2 Å². The van der Waals surface area contributed by atoms with Gasteiger partial charge in [0, 0.05) is 38.4 Å². The maximum atomic E-state index is 6.00. The maximum Gasteiger partial charge on any atom is 0.127 e. The molecule has 1 saturated heterocycles. The Kier molecular flexibility index (Phi) is 5.23. The van der Waals surface area contributed by atoms with Crippen molar-refractivity contribution in [3.63, 3.8) is 0 Å². The number of hydrogen-bond acceptors (Lipinski definition) is 5. The van der Waals surface area contributed by atoms with E-state index in [0.717, 1.165) is 36.6 Å². The number of rotatable bonds is 6. The minimum absolute atomic E-state index is 0.149. The van der Waals surface area contributed by atoms with Crippen molar-refractivity contribution in [3.8, 4) is 11.5 Å². The molecule has 112 valence electrons. The summed E-state index contributed by atoms with van der Waals surface area (Å²) in [6.07, 6.45) is 1.35. The number of methoxy groups -OCH3 is 3. The van der Waals surface area contributed by atoms with Gasteiger partial charge in [0.1, 0.15) is 11.5 Å². The number of ether oxygens (including phenoxy) is 3. The van der Waals surface area contributed by atoms with Crippen LogP contribution in [0.25, 0.3) is 0 Å². The van der Waals surface area contributed by atoms with Crippen LogP contribution in [0.5, 0.6) is 11.5 Å². The van der Waals surface area contributed by atoms with E-state index in [1.807, 2.05) is 18.2 Å². The van der Waals surface area contributed by atoms with Gasteiger partial charge in [0.15, 0.2) is 0 Å². The molecule has 2 unspecified atom stereocenters. The summed E-state index contributed by atoms with van der Waals surface area (Å²) >= 11 is 0. The van der Waals surface area contributed by atoms with Crippen molar-refractivity contribution >= 4 is 0 Å². The zero-order chi connectivity index (χ0) is 14.5. The first-order valence-corrected chi connectivity index (χ1v) is 6.92. The first-order chi connectivity index (χ1) is 9.73. The minimum atomic E-state index is 0.149. The number of benzene rings is 1. The molecule has 2 atom stereocenters. The molecule has 0 bridgehead atoms. The summed E-state index contributed by atoms with van der Waals surface area (Å²) in [5.74, 6) is 1.61. The van der Waals surface area contributed by atoms with Crippen molar-refractivity contribution in [2.24, 2.45) is 5.73 Å². The summed E-state index contributed by atoms with van der Waals surface area (Å²) in [4.78, 5) is 2.36. The molecular weight excluding hydrogens is 256 g/mol. The summed E-state index contributed by atoms with van der Waals surface area (Å²) in [5, 5.41) is 0. The molecule has 1 aromatic carbocycles. The molecule has 0 radical (unpaired) electrons. The van der Waals surface area contributed by atoms with Gasteiger partial charge in [-0.2, -0.15) is 0 Å². The van der Waals surface area contributed by atoms with Crippen LogP contribution < -0.4 is 15.2 Å². The van der Waals surface area contributed by atoms with Gasteiger partial charge in [-0.15, -0.1) is 0 Å². The first kappa shape index (κ1) is 15.1. The van der Waals surface area contributed by atoms with Gasteiger partial charge in [0.25, 0.3) is 0 Å². The van der Waals surface area contributed by atoms with E-state index in [9.17, 15) is 0 Å². The van der Waals surface area contributed by atoms with E-state index in [2.05, 4.69) is 4.90 Å². The smallest absolute Gasteiger partial charge is 0.127 e. The van der Waals surface area contributed by atoms with Gasteiger partial charge < -0.3 is 19.9 Å². The van der Waals surface area contributed by atoms with Gasteiger partial charge in [0.05, 0.1) is 26.4 Å². The Bertz CT molecular complexity index is 439. The van der Waals surface area contributed by atoms with Gasteiger partial charge in [-0.05, 0) is 12.5 Å². The van der Waals surface area contributed by atoms with Gasteiger partial charge in [-0.25, -0.2) is 0 Å². The molecule has 1 aliphatic rings. The third-order valence-electron chi connectivity index (χ3n) is 3.97. The van der Waals surface area contributed by atoms with Crippen molar-refractivity contribution in [1.29, 1.82) is 0 Å². The average molecular weight is 280 g/mol. The molecule has 0 aromatic heterocycles. The quantitative estimate of drug-likeness (QED) is 0.854. The summed E-state index contributed by atoms with van der Waals surface area (Å²) in [6.45, 7) is 2.46. The standard InChI is InChI=1S/C15H24N2O3/c1-18-11-4-5-13(15(8-11)20-3)14(9-16)17-7-6-12(10-17)19-2/h4-5,8,12,14H,6-7,9-10,16H2,1-3H3. The molecule has 2 rings (SSSR count). The molecule has 2 N–H and O–H groups in total. The number of nitrogens with two attached hydrogens (primary N) is 1. The van der Waals surface area contributed by atoms with Crippen LogP contribution >= 0.6 is 0 Å². The Hall–Kier alpha value is -1.30. The molecule has 0 spiro atoms. The van der Waals surface area contributed by atoms with Crippen LogP contribution in [0.1, 0.15) is 18.0 Å². The Labute approximate surface area is 120 Å². The third kappa shape index (κ3) is 3.06. The fraction of sp³-hybridized carbons (Fsp3) is 0.600. The van der Waals surface area contributed by atoms with E-state index < -0.39 is 0 Å². The van der Waals surface area contributed by atoms with Crippen molar-refractivity contribution in [3.05, 3.63) is 23.8 Å². The SMILES string of the molecule is COc1ccc(C(CN)N2CCC(OC)C2)c(OC)c1. The lowest BCUT2D eigenvalue weighted by molar-refractivity contribution is 0.101. The summed E-state index contributed by atoms with van der Waals surface area (Å²) < 4.78 is 16.2. The monoisotopic (exact) mass is 280 g/mol. The summed E-state index contributed by atoms with van der Waals surface area (Å²) in [5.41, 5.74) is 7.10. The van der Waals surface area contributed by atoms with E-state index in [1.54, 1.807) is 21.3 Å². The maximum absolute atomic E-state index is 6.00. The molecule has 0 saturated carbocycles. The summed E-state index contributed by atoms with van der Waals surface area (Å²) in [6, 6.07) is 6.04. The fourth-order valence-electron chi connectivity index (χ4n) is 2.80. The lowest BCUT2D eigenvalue weighted by Gasteiger charge is -2.28. The number of nitrogens with zero attached hydrogens (tertiary/aromatic N) is 1. The molecule has 1 heterocycles. The molecule has 0 aliphatic carbocycles. The molecule has 5 heteroatoms. The van der Waals surface area contributed by atoms with Gasteiger partial charge in [0.2, 0.25) is 0 Å². The number of hydrogen-bond donors (Lipinski definition) is 1. The van der Waals surface area contributed by atoms with Gasteiger partial charge >= 0.3 is 0 Å². The largest absolute Gasteiger partial charge is 0.497 e. The van der Waals surface area contributed by atoms with Crippen LogP contribution in [0, 0.1) is 0 Å². The van der Waals surface area contributed by atoms with Crippen LogP contribution in [-0.4, -0.2) is 52.0 Å². The third-order valence-corrected chi connectivity index (χ3v) is 3.97. The predicted octanol–water partition coefficient (Wildman–Crippen LogP) is 1.42. The molecule has 0 amide bonds. The zero-order valence-electron chi connectivity index (χ0n) is 12.5. The highest BCUT2D eigenvalue weighted by atomic mass is 16.5. The number of likely N-dealkylation sites (tertiary alicyclic amines) is 1. The molecule has 1 aliphatic heterocycles. The Morgan fingerprint density at radius 3 is 2.65 bits per heavy atom. The van der Waals surface area contributed by atoms with E-state index in [-0.39, 0.29) is 6.04 Å². The second kappa shape index (κ2) is 6.92. The van der Waals surface area contributed by atoms with E-state index in [1.165, 1.54) is 0 Å². The van der Waals surface area contributed by atoms with E-state index in [0.29, 0.717) is 12.6 Å². The van der Waals surface area contributed by atoms with Gasteiger partial charge in [-0.1, -0.05) is 6.07 Å². The highest BCUT2D eigenvalue weighted by Gasteiger charge is 2.30. The molecular formula is C15H24N2O3. The molecule has 1 aromatic rings. The van der Waals surface area contributed by atoms with Crippen LogP contribution in [0.2, 0.25) is 0 Å². The Morgan fingerprint density at radius 2 is 2.10 bits per heavy atom. The zero-order valence-corrected chi connectivity index (χ0v) is 12.5. The van der Waals surface area contributed by atoms with Crippen molar-refractivity contribution in [2.45, 2.75) is 18.6 Å². The second-order valence-corrected chi connectivity index (χ2v) is 5.00.